The number of hydrogen-bond acceptors (Lipinski definition) is 2. The fourth-order valence-corrected chi connectivity index (χ4v) is 4.30. The lowest BCUT2D eigenvalue weighted by Gasteiger charge is -2.35. The maximum atomic E-state index is 6.32. The van der Waals surface area contributed by atoms with Crippen LogP contribution in [0.5, 0.6) is 0 Å². The van der Waals surface area contributed by atoms with Gasteiger partial charge in [-0.3, -0.25) is 0 Å². The quantitative estimate of drug-likeness (QED) is 0.570. The first-order valence-corrected chi connectivity index (χ1v) is 10.8. The fraction of sp³-hybridized carbons (Fsp3) is 0.357. The highest BCUT2D eigenvalue weighted by Gasteiger charge is 2.36. The summed E-state index contributed by atoms with van der Waals surface area (Å²) in [6.07, 6.45) is 19.8. The van der Waals surface area contributed by atoms with Crippen LogP contribution in [0.3, 0.4) is 0 Å². The van der Waals surface area contributed by atoms with Gasteiger partial charge in [-0.05, 0) is 43.2 Å². The van der Waals surface area contributed by atoms with Crippen molar-refractivity contribution in [2.75, 3.05) is 13.7 Å². The Hall–Kier alpha value is -2.58. The van der Waals surface area contributed by atoms with Gasteiger partial charge in [0.25, 0.3) is 0 Å². The topological polar surface area (TPSA) is 18.5 Å². The van der Waals surface area contributed by atoms with Gasteiger partial charge in [0.1, 0.15) is 11.4 Å². The van der Waals surface area contributed by atoms with Crippen LogP contribution in [-0.2, 0) is 9.47 Å². The van der Waals surface area contributed by atoms with Gasteiger partial charge in [0, 0.05) is 29.9 Å². The molecule has 0 bridgehead atoms. The number of aryl methyl sites for hydroxylation is 1. The first kappa shape index (κ1) is 20.7. The van der Waals surface area contributed by atoms with E-state index in [0.717, 1.165) is 5.76 Å². The third kappa shape index (κ3) is 4.15. The summed E-state index contributed by atoms with van der Waals surface area (Å²) in [5.74, 6) is 1.41. The molecule has 3 aliphatic rings. The van der Waals surface area contributed by atoms with E-state index in [0.29, 0.717) is 6.61 Å². The van der Waals surface area contributed by atoms with Crippen LogP contribution in [0.4, 0.5) is 0 Å². The Labute approximate surface area is 181 Å². The zero-order valence-electron chi connectivity index (χ0n) is 18.7. The Kier molecular flexibility index (Phi) is 5.46. The maximum absolute atomic E-state index is 6.32. The molecule has 1 aliphatic heterocycles. The molecule has 1 aromatic carbocycles. The zero-order chi connectivity index (χ0) is 21.4. The van der Waals surface area contributed by atoms with Gasteiger partial charge >= 0.3 is 0 Å². The van der Waals surface area contributed by atoms with Gasteiger partial charge in [0.05, 0.1) is 6.61 Å². The van der Waals surface area contributed by atoms with E-state index < -0.39 is 5.60 Å². The first-order valence-electron chi connectivity index (χ1n) is 10.8. The van der Waals surface area contributed by atoms with Crippen LogP contribution >= 0.6 is 0 Å². The number of hydrogen-bond donors (Lipinski definition) is 0. The molecule has 0 aromatic heterocycles. The van der Waals surface area contributed by atoms with E-state index in [-0.39, 0.29) is 17.3 Å². The zero-order valence-corrected chi connectivity index (χ0v) is 18.7. The third-order valence-corrected chi connectivity index (χ3v) is 6.42. The lowest BCUT2D eigenvalue weighted by atomic mass is 9.74. The molecular formula is C28H32O2. The minimum atomic E-state index is -0.428. The lowest BCUT2D eigenvalue weighted by molar-refractivity contribution is 0.0905. The SMILES string of the molecule is COC1(C)C=CC2=C(C=C1)C(c1ccc(C)cc1)C(C1=CC=CC(C)(C)C=C1)CO2. The Morgan fingerprint density at radius 1 is 0.933 bits per heavy atom. The summed E-state index contributed by atoms with van der Waals surface area (Å²) < 4.78 is 12.0. The second kappa shape index (κ2) is 7.92. The molecule has 1 heterocycles. The third-order valence-electron chi connectivity index (χ3n) is 6.42. The van der Waals surface area contributed by atoms with Gasteiger partial charge in [-0.1, -0.05) is 80.1 Å². The van der Waals surface area contributed by atoms with E-state index in [1.807, 2.05) is 0 Å². The fourth-order valence-electron chi connectivity index (χ4n) is 4.30. The Morgan fingerprint density at radius 3 is 2.40 bits per heavy atom. The van der Waals surface area contributed by atoms with Crippen molar-refractivity contribution in [1.82, 2.24) is 0 Å². The van der Waals surface area contributed by atoms with Gasteiger partial charge in [-0.15, -0.1) is 0 Å². The Bertz CT molecular complexity index is 982. The van der Waals surface area contributed by atoms with E-state index in [2.05, 4.69) is 107 Å². The molecule has 2 aliphatic carbocycles. The van der Waals surface area contributed by atoms with Crippen LogP contribution in [0.25, 0.3) is 0 Å². The second-order valence-electron chi connectivity index (χ2n) is 9.36. The van der Waals surface area contributed by atoms with Gasteiger partial charge < -0.3 is 9.47 Å². The normalized spacial score (nSPS) is 29.7. The molecule has 3 unspecified atom stereocenters. The molecule has 0 amide bonds. The van der Waals surface area contributed by atoms with Crippen molar-refractivity contribution in [3.8, 4) is 0 Å². The van der Waals surface area contributed by atoms with Crippen LogP contribution in [0.1, 0.15) is 37.8 Å². The summed E-state index contributed by atoms with van der Waals surface area (Å²) in [7, 11) is 1.75. The number of rotatable bonds is 3. The first-order chi connectivity index (χ1) is 14.3. The Morgan fingerprint density at radius 2 is 1.67 bits per heavy atom. The van der Waals surface area contributed by atoms with Crippen molar-refractivity contribution in [1.29, 1.82) is 0 Å². The highest BCUT2D eigenvalue weighted by molar-refractivity contribution is 5.49. The highest BCUT2D eigenvalue weighted by atomic mass is 16.5. The van der Waals surface area contributed by atoms with Gasteiger partial charge in [0.15, 0.2) is 0 Å². The second-order valence-corrected chi connectivity index (χ2v) is 9.36. The van der Waals surface area contributed by atoms with Crippen LogP contribution in [0, 0.1) is 18.3 Å². The van der Waals surface area contributed by atoms with E-state index in [4.69, 9.17) is 9.47 Å². The maximum Gasteiger partial charge on any atom is 0.122 e. The molecule has 2 heteroatoms. The van der Waals surface area contributed by atoms with Crippen LogP contribution in [-0.4, -0.2) is 19.3 Å². The predicted molar refractivity (Wildman–Crippen MR) is 124 cm³/mol. The van der Waals surface area contributed by atoms with Crippen LogP contribution < -0.4 is 0 Å². The molecule has 156 valence electrons. The summed E-state index contributed by atoms with van der Waals surface area (Å²) in [4.78, 5) is 0. The van der Waals surface area contributed by atoms with Crippen molar-refractivity contribution in [3.63, 3.8) is 0 Å². The van der Waals surface area contributed by atoms with Crippen molar-refractivity contribution >= 4 is 0 Å². The average Bonchev–Trinajstić information content (AvgIpc) is 3.02. The molecular weight excluding hydrogens is 368 g/mol. The minimum Gasteiger partial charge on any atom is -0.493 e. The number of allylic oxidation sites excluding steroid dienone is 8. The minimum absolute atomic E-state index is 0.0583. The molecule has 0 spiro atoms. The summed E-state index contributed by atoms with van der Waals surface area (Å²) in [6.45, 7) is 9.33. The van der Waals surface area contributed by atoms with Crippen molar-refractivity contribution in [2.24, 2.45) is 11.3 Å². The van der Waals surface area contributed by atoms with E-state index >= 15 is 0 Å². The number of ether oxygens (including phenoxy) is 2. The standard InChI is InChI=1S/C28H32O2/c1-20-8-10-22(11-9-20)26-23-13-17-28(4,29-5)18-14-25(23)30-19-24(26)21-7-6-15-27(2,3)16-12-21/h6-18,24,26H,19H2,1-5H3. The van der Waals surface area contributed by atoms with E-state index in [9.17, 15) is 0 Å². The molecule has 1 aromatic rings. The lowest BCUT2D eigenvalue weighted by Crippen LogP contribution is -2.27. The smallest absolute Gasteiger partial charge is 0.122 e. The van der Waals surface area contributed by atoms with Crippen molar-refractivity contribution in [3.05, 3.63) is 107 Å². The molecule has 30 heavy (non-hydrogen) atoms. The van der Waals surface area contributed by atoms with E-state index in [1.165, 1.54) is 22.3 Å². The van der Waals surface area contributed by atoms with Crippen molar-refractivity contribution < 1.29 is 9.47 Å². The summed E-state index contributed by atoms with van der Waals surface area (Å²) in [6, 6.07) is 8.94. The van der Waals surface area contributed by atoms with Gasteiger partial charge in [0.2, 0.25) is 0 Å². The average molecular weight is 401 g/mol. The largest absolute Gasteiger partial charge is 0.493 e. The predicted octanol–water partition coefficient (Wildman–Crippen LogP) is 6.59. The molecule has 2 nitrogen and oxygen atoms in total. The Balaban J connectivity index is 1.81. The molecule has 0 saturated carbocycles. The van der Waals surface area contributed by atoms with Gasteiger partial charge in [-0.2, -0.15) is 0 Å². The monoisotopic (exact) mass is 400 g/mol. The molecule has 4 rings (SSSR count). The van der Waals surface area contributed by atoms with Crippen LogP contribution in [0.2, 0.25) is 0 Å². The van der Waals surface area contributed by atoms with Crippen molar-refractivity contribution in [2.45, 2.75) is 39.2 Å². The number of methoxy groups -OCH3 is 1. The molecule has 0 N–H and O–H groups in total. The molecule has 0 radical (unpaired) electrons. The number of benzene rings is 1. The van der Waals surface area contributed by atoms with Gasteiger partial charge in [-0.25, -0.2) is 0 Å². The van der Waals surface area contributed by atoms with E-state index in [1.54, 1.807) is 7.11 Å². The van der Waals surface area contributed by atoms with Crippen LogP contribution in [0.15, 0.2) is 95.9 Å². The summed E-state index contributed by atoms with van der Waals surface area (Å²) in [5, 5.41) is 0. The summed E-state index contributed by atoms with van der Waals surface area (Å²) in [5.41, 5.74) is 4.75. The molecule has 0 fully saturated rings. The molecule has 3 atom stereocenters. The summed E-state index contributed by atoms with van der Waals surface area (Å²) >= 11 is 0. The highest BCUT2D eigenvalue weighted by Crippen LogP contribution is 2.45. The molecule has 0 saturated heterocycles.